The number of fused-ring (bicyclic) bond motifs is 2. The summed E-state index contributed by atoms with van der Waals surface area (Å²) in [4.78, 5) is 23.8. The number of carbonyl (C=O) groups is 2. The number of unbranched alkanes of at least 4 members (excludes halogenated alkanes) is 9. The molecule has 0 aromatic carbocycles. The van der Waals surface area contributed by atoms with Crippen LogP contribution in [-0.4, -0.2) is 30.7 Å². The Morgan fingerprint density at radius 1 is 0.871 bits per heavy atom. The van der Waals surface area contributed by atoms with E-state index in [4.69, 9.17) is 4.74 Å². The number of carbonyl (C=O) groups excluding carboxylic acids is 2. The zero-order valence-electron chi connectivity index (χ0n) is 20.3. The molecule has 0 spiro atoms. The van der Waals surface area contributed by atoms with E-state index in [9.17, 15) is 9.59 Å². The number of rotatable bonds is 16. The van der Waals surface area contributed by atoms with Crippen molar-refractivity contribution in [3.8, 4) is 0 Å². The summed E-state index contributed by atoms with van der Waals surface area (Å²) in [5.41, 5.74) is 0.00350. The molecule has 2 fully saturated rings. The highest BCUT2D eigenvalue weighted by atomic mass is 16.5. The van der Waals surface area contributed by atoms with E-state index in [0.29, 0.717) is 13.0 Å². The summed E-state index contributed by atoms with van der Waals surface area (Å²) in [6, 6.07) is 0.0260. The number of esters is 1. The second-order valence-electron chi connectivity index (χ2n) is 10.4. The second kappa shape index (κ2) is 14.7. The van der Waals surface area contributed by atoms with E-state index in [1.54, 1.807) is 0 Å². The summed E-state index contributed by atoms with van der Waals surface area (Å²) in [5.74, 6) is 1.63. The van der Waals surface area contributed by atoms with Crippen molar-refractivity contribution < 1.29 is 14.3 Å². The Kier molecular flexibility index (Phi) is 12.4. The molecule has 31 heavy (non-hydrogen) atoms. The van der Waals surface area contributed by atoms with Gasteiger partial charge in [0.05, 0.1) is 6.61 Å². The molecule has 2 N–H and O–H groups in total. The van der Waals surface area contributed by atoms with Crippen LogP contribution in [0, 0.1) is 11.8 Å². The predicted octanol–water partition coefficient (Wildman–Crippen LogP) is 6.50. The van der Waals surface area contributed by atoms with E-state index >= 15 is 0 Å². The van der Waals surface area contributed by atoms with Gasteiger partial charge >= 0.3 is 12.0 Å². The lowest BCUT2D eigenvalue weighted by atomic mass is 9.76. The molecule has 5 nitrogen and oxygen atoms in total. The predicted molar refractivity (Wildman–Crippen MR) is 127 cm³/mol. The van der Waals surface area contributed by atoms with Crippen molar-refractivity contribution in [1.29, 1.82) is 0 Å². The molecule has 0 saturated heterocycles. The van der Waals surface area contributed by atoms with E-state index in [2.05, 4.69) is 24.5 Å². The van der Waals surface area contributed by atoms with Crippen LogP contribution in [0.2, 0.25) is 0 Å². The highest BCUT2D eigenvalue weighted by Crippen LogP contribution is 2.46. The van der Waals surface area contributed by atoms with Crippen LogP contribution in [-0.2, 0) is 9.53 Å². The van der Waals surface area contributed by atoms with Gasteiger partial charge in [-0.05, 0) is 57.3 Å². The maximum Gasteiger partial charge on any atom is 0.315 e. The number of hydrogen-bond donors (Lipinski definition) is 2. The van der Waals surface area contributed by atoms with E-state index in [1.165, 1.54) is 57.8 Å². The summed E-state index contributed by atoms with van der Waals surface area (Å²) in [6.07, 6.45) is 19.6. The first-order chi connectivity index (χ1) is 15.0. The normalized spacial score (nSPS) is 24.7. The molecule has 2 bridgehead atoms. The second-order valence-corrected chi connectivity index (χ2v) is 10.4. The Morgan fingerprint density at radius 2 is 1.45 bits per heavy atom. The molecule has 0 aromatic rings. The number of nitrogens with one attached hydrogen (secondary N) is 2. The molecule has 0 aliphatic heterocycles. The minimum absolute atomic E-state index is 0.00350. The Morgan fingerprint density at radius 3 is 2.06 bits per heavy atom. The van der Waals surface area contributed by atoms with Crippen LogP contribution < -0.4 is 10.6 Å². The first-order valence-electron chi connectivity index (χ1n) is 13.2. The van der Waals surface area contributed by atoms with E-state index in [1.807, 2.05) is 0 Å². The van der Waals surface area contributed by atoms with Crippen molar-refractivity contribution in [3.05, 3.63) is 0 Å². The third kappa shape index (κ3) is 11.2. The molecule has 2 aliphatic rings. The van der Waals surface area contributed by atoms with Gasteiger partial charge in [-0.1, -0.05) is 71.1 Å². The summed E-state index contributed by atoms with van der Waals surface area (Å²) >= 11 is 0. The zero-order chi connectivity index (χ0) is 22.4. The molecule has 1 unspecified atom stereocenters. The van der Waals surface area contributed by atoms with Crippen molar-refractivity contribution in [1.82, 2.24) is 10.6 Å². The molecule has 2 aliphatic carbocycles. The van der Waals surface area contributed by atoms with Gasteiger partial charge in [-0.25, -0.2) is 4.79 Å². The molecule has 0 aromatic heterocycles. The standard InChI is InChI=1S/C26H48N2O3/c1-3-4-18-31-24(29)14-12-10-8-6-5-7-9-11-13-17-27-25(30)28-26(2)20-22-15-16-23(19-22)21-26/h22-23H,3-21H2,1-2H3,(H2,27,28,30)/t22-,23+,26?. The Balaban J connectivity index is 1.34. The highest BCUT2D eigenvalue weighted by molar-refractivity contribution is 5.74. The van der Waals surface area contributed by atoms with Crippen molar-refractivity contribution in [2.45, 2.75) is 129 Å². The fourth-order valence-electron chi connectivity index (χ4n) is 5.56. The third-order valence-corrected chi connectivity index (χ3v) is 7.15. The number of hydrogen-bond acceptors (Lipinski definition) is 3. The van der Waals surface area contributed by atoms with Crippen LogP contribution in [0.1, 0.15) is 123 Å². The van der Waals surface area contributed by atoms with Gasteiger partial charge in [0.15, 0.2) is 0 Å². The number of urea groups is 1. The van der Waals surface area contributed by atoms with Gasteiger partial charge in [-0.2, -0.15) is 0 Å². The van der Waals surface area contributed by atoms with Crippen LogP contribution in [0.5, 0.6) is 0 Å². The van der Waals surface area contributed by atoms with Crippen LogP contribution in [0.4, 0.5) is 4.79 Å². The lowest BCUT2D eigenvalue weighted by Gasteiger charge is -2.38. The van der Waals surface area contributed by atoms with Crippen LogP contribution in [0.15, 0.2) is 0 Å². The van der Waals surface area contributed by atoms with E-state index in [0.717, 1.165) is 63.3 Å². The Hall–Kier alpha value is -1.26. The SMILES string of the molecule is CCCCOC(=O)CCCCCCCCCCCNC(=O)NC1(C)C[C@@H]2CC[C@@H](C2)C1. The van der Waals surface area contributed by atoms with E-state index < -0.39 is 0 Å². The smallest absolute Gasteiger partial charge is 0.315 e. The summed E-state index contributed by atoms with van der Waals surface area (Å²) in [5, 5.41) is 6.34. The third-order valence-electron chi connectivity index (χ3n) is 7.15. The molecule has 2 amide bonds. The summed E-state index contributed by atoms with van der Waals surface area (Å²) < 4.78 is 5.17. The molecule has 180 valence electrons. The van der Waals surface area contributed by atoms with Crippen molar-refractivity contribution in [3.63, 3.8) is 0 Å². The largest absolute Gasteiger partial charge is 0.466 e. The zero-order valence-corrected chi connectivity index (χ0v) is 20.3. The summed E-state index contributed by atoms with van der Waals surface area (Å²) in [7, 11) is 0. The van der Waals surface area contributed by atoms with Crippen molar-refractivity contribution in [2.24, 2.45) is 11.8 Å². The molecule has 0 heterocycles. The maximum atomic E-state index is 12.3. The average Bonchev–Trinajstić information content (AvgIpc) is 3.07. The van der Waals surface area contributed by atoms with Crippen molar-refractivity contribution >= 4 is 12.0 Å². The molecule has 3 atom stereocenters. The van der Waals surface area contributed by atoms with Gasteiger partial charge in [0.25, 0.3) is 0 Å². The van der Waals surface area contributed by atoms with Gasteiger partial charge < -0.3 is 15.4 Å². The van der Waals surface area contributed by atoms with Gasteiger partial charge in [-0.3, -0.25) is 4.79 Å². The fourth-order valence-corrected chi connectivity index (χ4v) is 5.56. The first-order valence-corrected chi connectivity index (χ1v) is 13.2. The molecule has 5 heteroatoms. The minimum Gasteiger partial charge on any atom is -0.466 e. The van der Waals surface area contributed by atoms with Gasteiger partial charge in [0.1, 0.15) is 0 Å². The topological polar surface area (TPSA) is 67.4 Å². The fraction of sp³-hybridized carbons (Fsp3) is 0.923. The number of ether oxygens (including phenoxy) is 1. The molecular weight excluding hydrogens is 388 g/mol. The average molecular weight is 437 g/mol. The molecule has 2 rings (SSSR count). The maximum absolute atomic E-state index is 12.3. The lowest BCUT2D eigenvalue weighted by molar-refractivity contribution is -0.143. The molecule has 0 radical (unpaired) electrons. The molecule has 2 saturated carbocycles. The Labute approximate surface area is 190 Å². The van der Waals surface area contributed by atoms with Gasteiger partial charge in [0.2, 0.25) is 0 Å². The monoisotopic (exact) mass is 436 g/mol. The Bertz CT molecular complexity index is 511. The number of amides is 2. The van der Waals surface area contributed by atoms with Crippen LogP contribution in [0.3, 0.4) is 0 Å². The van der Waals surface area contributed by atoms with Crippen LogP contribution in [0.25, 0.3) is 0 Å². The highest BCUT2D eigenvalue weighted by Gasteiger charge is 2.41. The van der Waals surface area contributed by atoms with Gasteiger partial charge in [0, 0.05) is 18.5 Å². The summed E-state index contributed by atoms with van der Waals surface area (Å²) in [6.45, 7) is 5.69. The molecular formula is C26H48N2O3. The van der Waals surface area contributed by atoms with Crippen molar-refractivity contribution in [2.75, 3.05) is 13.2 Å². The first kappa shape index (κ1) is 26.0. The minimum atomic E-state index is -0.0318. The quantitative estimate of drug-likeness (QED) is 0.214. The van der Waals surface area contributed by atoms with Crippen LogP contribution >= 0.6 is 0 Å². The van der Waals surface area contributed by atoms with E-state index in [-0.39, 0.29) is 17.5 Å². The lowest BCUT2D eigenvalue weighted by Crippen LogP contribution is -2.53. The van der Waals surface area contributed by atoms with Gasteiger partial charge in [-0.15, -0.1) is 0 Å².